The van der Waals surface area contributed by atoms with Gasteiger partial charge in [0, 0.05) is 0 Å². The van der Waals surface area contributed by atoms with Gasteiger partial charge < -0.3 is 14.3 Å². The Bertz CT molecular complexity index is 924. The van der Waals surface area contributed by atoms with Crippen molar-refractivity contribution < 1.29 is 22.7 Å². The van der Waals surface area contributed by atoms with E-state index in [-0.39, 0.29) is 4.90 Å². The standard InChI is InChI=1S/C21H25NO5S/c1-5-6-11-26-19-12-16(2)21(17(3)13-19)27-15-28(23,24)20-9-7-18(8-10-20)14-22-25-4/h5-10,12-14H,11,15H2,1-4H3/b6-5+,22-14?. The first-order valence-corrected chi connectivity index (χ1v) is 10.4. The summed E-state index contributed by atoms with van der Waals surface area (Å²) in [4.78, 5) is 4.79. The Morgan fingerprint density at radius 3 is 2.25 bits per heavy atom. The molecule has 7 heteroatoms. The number of ether oxygens (including phenoxy) is 2. The summed E-state index contributed by atoms with van der Waals surface area (Å²) in [7, 11) is -2.15. The van der Waals surface area contributed by atoms with E-state index in [4.69, 9.17) is 9.47 Å². The van der Waals surface area contributed by atoms with Crippen molar-refractivity contribution in [2.75, 3.05) is 19.7 Å². The maximum atomic E-state index is 12.6. The van der Waals surface area contributed by atoms with Crippen LogP contribution < -0.4 is 9.47 Å². The van der Waals surface area contributed by atoms with Crippen LogP contribution in [0, 0.1) is 13.8 Å². The highest BCUT2D eigenvalue weighted by molar-refractivity contribution is 7.91. The van der Waals surface area contributed by atoms with Gasteiger partial charge in [-0.05, 0) is 61.7 Å². The molecule has 0 aliphatic carbocycles. The van der Waals surface area contributed by atoms with Gasteiger partial charge in [-0.25, -0.2) is 8.42 Å². The van der Waals surface area contributed by atoms with Crippen molar-refractivity contribution in [3.63, 3.8) is 0 Å². The Balaban J connectivity index is 2.10. The van der Waals surface area contributed by atoms with Gasteiger partial charge in [0.2, 0.25) is 9.84 Å². The van der Waals surface area contributed by atoms with Gasteiger partial charge in [-0.2, -0.15) is 0 Å². The third kappa shape index (κ3) is 5.85. The molecule has 2 aromatic carbocycles. The fourth-order valence-electron chi connectivity index (χ4n) is 2.54. The van der Waals surface area contributed by atoms with Crippen molar-refractivity contribution >= 4 is 16.1 Å². The van der Waals surface area contributed by atoms with E-state index in [1.54, 1.807) is 12.1 Å². The first kappa shape index (κ1) is 21.5. The van der Waals surface area contributed by atoms with Gasteiger partial charge in [0.1, 0.15) is 25.2 Å². The lowest BCUT2D eigenvalue weighted by Crippen LogP contribution is -2.13. The lowest BCUT2D eigenvalue weighted by atomic mass is 10.1. The van der Waals surface area contributed by atoms with Gasteiger partial charge in [0.25, 0.3) is 0 Å². The Hall–Kier alpha value is -2.80. The van der Waals surface area contributed by atoms with Crippen LogP contribution in [-0.2, 0) is 14.7 Å². The van der Waals surface area contributed by atoms with E-state index >= 15 is 0 Å². The second-order valence-electron chi connectivity index (χ2n) is 6.13. The van der Waals surface area contributed by atoms with Gasteiger partial charge in [-0.1, -0.05) is 29.4 Å². The molecular weight excluding hydrogens is 378 g/mol. The zero-order chi connectivity index (χ0) is 20.6. The highest BCUT2D eigenvalue weighted by atomic mass is 32.2. The largest absolute Gasteiger partial charge is 0.490 e. The molecule has 28 heavy (non-hydrogen) atoms. The molecule has 0 radical (unpaired) electrons. The molecule has 0 bridgehead atoms. The van der Waals surface area contributed by atoms with E-state index in [1.165, 1.54) is 25.5 Å². The fourth-order valence-corrected chi connectivity index (χ4v) is 3.50. The van der Waals surface area contributed by atoms with Gasteiger partial charge in [0.05, 0.1) is 11.1 Å². The molecule has 0 heterocycles. The van der Waals surface area contributed by atoms with Crippen molar-refractivity contribution in [3.05, 3.63) is 65.2 Å². The molecule has 0 unspecified atom stereocenters. The number of hydrogen-bond donors (Lipinski definition) is 0. The van der Waals surface area contributed by atoms with E-state index in [1.807, 2.05) is 45.1 Å². The van der Waals surface area contributed by atoms with Crippen LogP contribution >= 0.6 is 0 Å². The van der Waals surface area contributed by atoms with E-state index in [2.05, 4.69) is 9.99 Å². The van der Waals surface area contributed by atoms with E-state index < -0.39 is 15.8 Å². The first-order valence-electron chi connectivity index (χ1n) is 8.74. The van der Waals surface area contributed by atoms with Gasteiger partial charge >= 0.3 is 0 Å². The summed E-state index contributed by atoms with van der Waals surface area (Å²) < 4.78 is 36.5. The second kappa shape index (κ2) is 9.94. The summed E-state index contributed by atoms with van der Waals surface area (Å²) in [6, 6.07) is 10.0. The summed E-state index contributed by atoms with van der Waals surface area (Å²) in [5.74, 6) is 0.821. The Morgan fingerprint density at radius 1 is 1.04 bits per heavy atom. The minimum Gasteiger partial charge on any atom is -0.490 e. The molecule has 2 aromatic rings. The molecule has 0 amide bonds. The Kier molecular flexibility index (Phi) is 7.63. The normalized spacial score (nSPS) is 11.9. The van der Waals surface area contributed by atoms with Crippen molar-refractivity contribution in [1.29, 1.82) is 0 Å². The van der Waals surface area contributed by atoms with E-state index in [9.17, 15) is 8.42 Å². The minimum absolute atomic E-state index is 0.184. The molecule has 0 aromatic heterocycles. The number of aryl methyl sites for hydroxylation is 2. The highest BCUT2D eigenvalue weighted by Gasteiger charge is 2.17. The van der Waals surface area contributed by atoms with Gasteiger partial charge in [0.15, 0.2) is 5.94 Å². The molecule has 0 spiro atoms. The molecule has 0 saturated heterocycles. The Labute approximate surface area is 166 Å². The van der Waals surface area contributed by atoms with Crippen LogP contribution in [0.2, 0.25) is 0 Å². The smallest absolute Gasteiger partial charge is 0.213 e. The van der Waals surface area contributed by atoms with Crippen LogP contribution in [0.25, 0.3) is 0 Å². The molecule has 150 valence electrons. The van der Waals surface area contributed by atoms with Gasteiger partial charge in [-0.3, -0.25) is 0 Å². The molecule has 2 rings (SSSR count). The van der Waals surface area contributed by atoms with Crippen LogP contribution in [-0.4, -0.2) is 34.3 Å². The molecule has 0 aliphatic rings. The number of nitrogens with zero attached hydrogens (tertiary/aromatic N) is 1. The predicted molar refractivity (Wildman–Crippen MR) is 110 cm³/mol. The summed E-state index contributed by atoms with van der Waals surface area (Å²) >= 11 is 0. The highest BCUT2D eigenvalue weighted by Crippen LogP contribution is 2.29. The number of rotatable bonds is 9. The zero-order valence-electron chi connectivity index (χ0n) is 16.5. The second-order valence-corrected chi connectivity index (χ2v) is 8.07. The van der Waals surface area contributed by atoms with Crippen LogP contribution in [0.5, 0.6) is 11.5 Å². The number of allylic oxidation sites excluding steroid dienone is 1. The molecule has 0 N–H and O–H groups in total. The number of hydrogen-bond acceptors (Lipinski definition) is 6. The number of benzene rings is 2. The van der Waals surface area contributed by atoms with Crippen molar-refractivity contribution in [3.8, 4) is 11.5 Å². The number of oxime groups is 1. The topological polar surface area (TPSA) is 74.2 Å². The predicted octanol–water partition coefficient (Wildman–Crippen LogP) is 4.05. The lowest BCUT2D eigenvalue weighted by molar-refractivity contribution is 0.215. The summed E-state index contributed by atoms with van der Waals surface area (Å²) in [6.07, 6.45) is 5.33. The molecule has 0 atom stereocenters. The monoisotopic (exact) mass is 403 g/mol. The SMILES string of the molecule is C/C=C/COc1cc(C)c(OCS(=O)(=O)c2ccc(C=NOC)cc2)c(C)c1. The average molecular weight is 404 g/mol. The van der Waals surface area contributed by atoms with Gasteiger partial charge in [-0.15, -0.1) is 0 Å². The Morgan fingerprint density at radius 2 is 1.68 bits per heavy atom. The third-order valence-electron chi connectivity index (χ3n) is 3.92. The minimum atomic E-state index is -3.60. The molecule has 0 aliphatic heterocycles. The van der Waals surface area contributed by atoms with Crippen molar-refractivity contribution in [2.45, 2.75) is 25.7 Å². The molecule has 6 nitrogen and oxygen atoms in total. The van der Waals surface area contributed by atoms with Crippen molar-refractivity contribution in [1.82, 2.24) is 0 Å². The first-order chi connectivity index (χ1) is 13.4. The molecular formula is C21H25NO5S. The lowest BCUT2D eigenvalue weighted by Gasteiger charge is -2.14. The van der Waals surface area contributed by atoms with E-state index in [0.29, 0.717) is 12.4 Å². The summed E-state index contributed by atoms with van der Waals surface area (Å²) in [6.45, 7) is 6.13. The average Bonchev–Trinajstić information content (AvgIpc) is 2.66. The molecule has 0 saturated carbocycles. The fraction of sp³-hybridized carbons (Fsp3) is 0.286. The van der Waals surface area contributed by atoms with Crippen LogP contribution in [0.3, 0.4) is 0 Å². The van der Waals surface area contributed by atoms with Crippen LogP contribution in [0.1, 0.15) is 23.6 Å². The number of sulfone groups is 1. The maximum absolute atomic E-state index is 12.6. The summed E-state index contributed by atoms with van der Waals surface area (Å²) in [5.41, 5.74) is 2.37. The molecule has 0 fully saturated rings. The van der Waals surface area contributed by atoms with E-state index in [0.717, 1.165) is 22.4 Å². The third-order valence-corrected chi connectivity index (χ3v) is 5.34. The zero-order valence-corrected chi connectivity index (χ0v) is 17.3. The maximum Gasteiger partial charge on any atom is 0.213 e. The van der Waals surface area contributed by atoms with Crippen molar-refractivity contribution in [2.24, 2.45) is 5.16 Å². The summed E-state index contributed by atoms with van der Waals surface area (Å²) in [5, 5.41) is 3.65. The van der Waals surface area contributed by atoms with Crippen LogP contribution in [0.15, 0.2) is 58.6 Å². The van der Waals surface area contributed by atoms with Crippen LogP contribution in [0.4, 0.5) is 0 Å². The quantitative estimate of drug-likeness (QED) is 0.359.